The number of aromatic nitrogens is 1. The summed E-state index contributed by atoms with van der Waals surface area (Å²) in [5, 5.41) is 9.79. The van der Waals surface area contributed by atoms with Gasteiger partial charge in [0.05, 0.1) is 15.8 Å². The zero-order valence-corrected chi connectivity index (χ0v) is 12.8. The van der Waals surface area contributed by atoms with Crippen LogP contribution in [0.15, 0.2) is 28.6 Å². The highest BCUT2D eigenvalue weighted by Gasteiger charge is 2.16. The number of hydrogen-bond acceptors (Lipinski definition) is 5. The minimum absolute atomic E-state index is 0.331. The molecule has 0 saturated heterocycles. The molecule has 3 N–H and O–H groups in total. The molecule has 2 aromatic rings. The van der Waals surface area contributed by atoms with Crippen LogP contribution in [0.5, 0.6) is 0 Å². The number of hydrogen-bond donors (Lipinski definition) is 2. The van der Waals surface area contributed by atoms with Gasteiger partial charge in [-0.15, -0.1) is 11.3 Å². The number of benzene rings is 1. The molecule has 104 valence electrons. The van der Waals surface area contributed by atoms with Crippen molar-refractivity contribution in [3.05, 3.63) is 24.3 Å². The van der Waals surface area contributed by atoms with Crippen LogP contribution in [0.25, 0.3) is 10.2 Å². The van der Waals surface area contributed by atoms with Crippen molar-refractivity contribution in [3.8, 4) is 0 Å². The third-order valence-electron chi connectivity index (χ3n) is 3.05. The van der Waals surface area contributed by atoms with Crippen LogP contribution in [-0.2, 0) is 0 Å². The van der Waals surface area contributed by atoms with Gasteiger partial charge in [-0.25, -0.2) is 4.98 Å². The van der Waals surface area contributed by atoms with Crippen LogP contribution in [-0.4, -0.2) is 28.0 Å². The molecule has 1 atom stereocenters. The number of para-hydroxylation sites is 1. The maximum atomic E-state index is 9.79. The van der Waals surface area contributed by atoms with Crippen molar-refractivity contribution in [2.45, 2.75) is 36.1 Å². The largest absolute Gasteiger partial charge is 0.389 e. The lowest BCUT2D eigenvalue weighted by Gasteiger charge is -2.20. The Morgan fingerprint density at radius 1 is 1.37 bits per heavy atom. The van der Waals surface area contributed by atoms with Crippen molar-refractivity contribution in [2.24, 2.45) is 5.73 Å². The summed E-state index contributed by atoms with van der Waals surface area (Å²) in [6.45, 7) is 2.13. The van der Waals surface area contributed by atoms with Crippen molar-refractivity contribution < 1.29 is 5.11 Å². The second kappa shape index (κ2) is 6.70. The summed E-state index contributed by atoms with van der Waals surface area (Å²) in [5.74, 6) is 1.04. The predicted molar refractivity (Wildman–Crippen MR) is 83.9 cm³/mol. The first kappa shape index (κ1) is 14.8. The quantitative estimate of drug-likeness (QED) is 0.608. The fourth-order valence-electron chi connectivity index (χ4n) is 1.78. The molecule has 0 saturated carbocycles. The van der Waals surface area contributed by atoms with Gasteiger partial charge in [0, 0.05) is 12.3 Å². The first-order valence-electron chi connectivity index (χ1n) is 6.51. The van der Waals surface area contributed by atoms with Gasteiger partial charge in [0.1, 0.15) is 0 Å². The Labute approximate surface area is 122 Å². The smallest absolute Gasteiger partial charge is 0.151 e. The number of aliphatic hydroxyl groups is 1. The van der Waals surface area contributed by atoms with E-state index in [9.17, 15) is 5.11 Å². The van der Waals surface area contributed by atoms with Crippen LogP contribution in [0.3, 0.4) is 0 Å². The highest BCUT2D eigenvalue weighted by Crippen LogP contribution is 2.30. The third kappa shape index (κ3) is 4.45. The number of nitrogens with two attached hydrogens (primary N) is 1. The molecule has 1 aromatic heterocycles. The van der Waals surface area contributed by atoms with Crippen molar-refractivity contribution >= 4 is 33.3 Å². The highest BCUT2D eigenvalue weighted by atomic mass is 32.2. The molecule has 0 aliphatic heterocycles. The first-order chi connectivity index (χ1) is 9.11. The maximum Gasteiger partial charge on any atom is 0.151 e. The Balaban J connectivity index is 1.74. The number of thiazole rings is 1. The van der Waals surface area contributed by atoms with E-state index in [2.05, 4.69) is 11.1 Å². The average molecular weight is 296 g/mol. The molecular weight excluding hydrogens is 276 g/mol. The van der Waals surface area contributed by atoms with Crippen LogP contribution < -0.4 is 5.73 Å². The van der Waals surface area contributed by atoms with Crippen LogP contribution >= 0.6 is 23.1 Å². The van der Waals surface area contributed by atoms with E-state index in [-0.39, 0.29) is 0 Å². The van der Waals surface area contributed by atoms with Gasteiger partial charge < -0.3 is 10.8 Å². The second-order valence-corrected chi connectivity index (χ2v) is 7.33. The van der Waals surface area contributed by atoms with Gasteiger partial charge in [-0.2, -0.15) is 0 Å². The van der Waals surface area contributed by atoms with E-state index < -0.39 is 5.60 Å². The van der Waals surface area contributed by atoms with E-state index >= 15 is 0 Å². The first-order valence-corrected chi connectivity index (χ1v) is 8.32. The minimum atomic E-state index is -0.708. The van der Waals surface area contributed by atoms with Crippen LogP contribution in [0, 0.1) is 0 Å². The monoisotopic (exact) mass is 296 g/mol. The van der Waals surface area contributed by atoms with Crippen LogP contribution in [0.1, 0.15) is 26.2 Å². The molecule has 1 aromatic carbocycles. The molecule has 19 heavy (non-hydrogen) atoms. The van der Waals surface area contributed by atoms with Crippen molar-refractivity contribution in [1.82, 2.24) is 4.98 Å². The third-order valence-corrected chi connectivity index (χ3v) is 5.31. The SMILES string of the molecule is CC(O)(CN)CCCCSc1nc2ccccc2s1. The van der Waals surface area contributed by atoms with Gasteiger partial charge in [-0.3, -0.25) is 0 Å². The zero-order valence-electron chi connectivity index (χ0n) is 11.1. The number of thioether (sulfide) groups is 1. The Bertz CT molecular complexity index is 492. The molecule has 2 rings (SSSR count). The van der Waals surface area contributed by atoms with E-state index in [1.54, 1.807) is 30.0 Å². The van der Waals surface area contributed by atoms with Crippen molar-refractivity contribution in [2.75, 3.05) is 12.3 Å². The number of fused-ring (bicyclic) bond motifs is 1. The number of rotatable bonds is 7. The second-order valence-electron chi connectivity index (χ2n) is 4.95. The Morgan fingerprint density at radius 2 is 2.16 bits per heavy atom. The zero-order chi connectivity index (χ0) is 13.7. The fraction of sp³-hybridized carbons (Fsp3) is 0.500. The molecule has 0 aliphatic carbocycles. The van der Waals surface area contributed by atoms with E-state index in [0.717, 1.165) is 34.9 Å². The van der Waals surface area contributed by atoms with E-state index in [1.807, 2.05) is 18.2 Å². The average Bonchev–Trinajstić information content (AvgIpc) is 2.81. The molecule has 0 radical (unpaired) electrons. The van der Waals surface area contributed by atoms with E-state index in [1.165, 1.54) is 4.70 Å². The lowest BCUT2D eigenvalue weighted by Crippen LogP contribution is -2.33. The normalized spacial score (nSPS) is 14.7. The molecule has 1 heterocycles. The summed E-state index contributed by atoms with van der Waals surface area (Å²) in [7, 11) is 0. The Hall–Kier alpha value is -0.620. The number of unbranched alkanes of at least 4 members (excludes halogenated alkanes) is 1. The van der Waals surface area contributed by atoms with Crippen LogP contribution in [0.2, 0.25) is 0 Å². The molecular formula is C14H20N2OS2. The highest BCUT2D eigenvalue weighted by molar-refractivity contribution is 8.01. The summed E-state index contributed by atoms with van der Waals surface area (Å²) < 4.78 is 2.38. The molecule has 0 fully saturated rings. The predicted octanol–water partition coefficient (Wildman–Crippen LogP) is 3.27. The number of nitrogens with zero attached hydrogens (tertiary/aromatic N) is 1. The molecule has 5 heteroatoms. The Kier molecular flexibility index (Phi) is 5.21. The van der Waals surface area contributed by atoms with Crippen LogP contribution in [0.4, 0.5) is 0 Å². The summed E-state index contributed by atoms with van der Waals surface area (Å²) in [6.07, 6.45) is 2.85. The van der Waals surface area contributed by atoms with Gasteiger partial charge in [-0.1, -0.05) is 23.9 Å². The van der Waals surface area contributed by atoms with Crippen molar-refractivity contribution in [3.63, 3.8) is 0 Å². The Morgan fingerprint density at radius 3 is 2.89 bits per heavy atom. The molecule has 0 bridgehead atoms. The van der Waals surface area contributed by atoms with Gasteiger partial charge >= 0.3 is 0 Å². The maximum absolute atomic E-state index is 9.79. The molecule has 0 amide bonds. The minimum Gasteiger partial charge on any atom is -0.389 e. The molecule has 0 aliphatic rings. The van der Waals surface area contributed by atoms with Gasteiger partial charge in [-0.05, 0) is 38.3 Å². The fourth-order valence-corrected chi connectivity index (χ4v) is 3.92. The summed E-state index contributed by atoms with van der Waals surface area (Å²) in [6, 6.07) is 8.22. The van der Waals surface area contributed by atoms with Gasteiger partial charge in [0.15, 0.2) is 4.34 Å². The summed E-state index contributed by atoms with van der Waals surface area (Å²) in [5.41, 5.74) is 5.87. The molecule has 3 nitrogen and oxygen atoms in total. The van der Waals surface area contributed by atoms with Crippen molar-refractivity contribution in [1.29, 1.82) is 0 Å². The summed E-state index contributed by atoms with van der Waals surface area (Å²) >= 11 is 3.55. The van der Waals surface area contributed by atoms with E-state index in [4.69, 9.17) is 5.73 Å². The standard InChI is InChI=1S/C14H20N2OS2/c1-14(17,10-15)8-4-5-9-18-13-16-11-6-2-3-7-12(11)19-13/h2-3,6-7,17H,4-5,8-10,15H2,1H3. The summed E-state index contributed by atoms with van der Waals surface area (Å²) in [4.78, 5) is 4.59. The topological polar surface area (TPSA) is 59.1 Å². The van der Waals surface area contributed by atoms with E-state index in [0.29, 0.717) is 6.54 Å². The van der Waals surface area contributed by atoms with Gasteiger partial charge in [0.2, 0.25) is 0 Å². The lowest BCUT2D eigenvalue weighted by atomic mass is 10.00. The van der Waals surface area contributed by atoms with Gasteiger partial charge in [0.25, 0.3) is 0 Å². The molecule has 0 spiro atoms. The lowest BCUT2D eigenvalue weighted by molar-refractivity contribution is 0.0577. The molecule has 1 unspecified atom stereocenters.